The molecule has 144 valence electrons. The molecule has 3 aromatic rings. The number of aromatic nitrogens is 4. The van der Waals surface area contributed by atoms with E-state index in [1.54, 1.807) is 31.3 Å². The van der Waals surface area contributed by atoms with Crippen LogP contribution in [-0.2, 0) is 14.1 Å². The van der Waals surface area contributed by atoms with Crippen LogP contribution in [0, 0.1) is 0 Å². The SMILES string of the molecule is Cn1c(=O)c2c(SCC(=O)c3ccc(Cl)cc3)nc(C3CC3)nc2n(C)c1=O. The number of nitrogens with zero attached hydrogens (tertiary/aromatic N) is 4. The summed E-state index contributed by atoms with van der Waals surface area (Å²) in [5.74, 6) is 0.888. The second kappa shape index (κ2) is 7.18. The molecule has 28 heavy (non-hydrogen) atoms. The Kier molecular flexibility index (Phi) is 4.84. The first kappa shape index (κ1) is 18.9. The van der Waals surface area contributed by atoms with Gasteiger partial charge in [-0.25, -0.2) is 14.8 Å². The molecule has 0 amide bonds. The lowest BCUT2D eigenvalue weighted by atomic mass is 10.1. The van der Waals surface area contributed by atoms with Gasteiger partial charge in [-0.1, -0.05) is 23.4 Å². The molecular formula is C19H17ClN4O3S. The molecule has 4 rings (SSSR count). The summed E-state index contributed by atoms with van der Waals surface area (Å²) in [6, 6.07) is 6.66. The van der Waals surface area contributed by atoms with E-state index in [-0.39, 0.29) is 22.8 Å². The van der Waals surface area contributed by atoms with Gasteiger partial charge < -0.3 is 0 Å². The van der Waals surface area contributed by atoms with Crippen molar-refractivity contribution in [1.82, 2.24) is 19.1 Å². The van der Waals surface area contributed by atoms with Gasteiger partial charge >= 0.3 is 5.69 Å². The van der Waals surface area contributed by atoms with Gasteiger partial charge in [0.25, 0.3) is 5.56 Å². The molecule has 2 heterocycles. The van der Waals surface area contributed by atoms with Crippen LogP contribution in [0.25, 0.3) is 11.0 Å². The van der Waals surface area contributed by atoms with E-state index in [0.29, 0.717) is 27.1 Å². The fourth-order valence-corrected chi connectivity index (χ4v) is 3.97. The largest absolute Gasteiger partial charge is 0.332 e. The Bertz CT molecular complexity index is 1210. The topological polar surface area (TPSA) is 86.8 Å². The van der Waals surface area contributed by atoms with Crippen molar-refractivity contribution in [2.24, 2.45) is 14.1 Å². The zero-order chi connectivity index (χ0) is 20.0. The third-order valence-electron chi connectivity index (χ3n) is 4.73. The van der Waals surface area contributed by atoms with E-state index in [1.165, 1.54) is 23.4 Å². The Balaban J connectivity index is 1.77. The van der Waals surface area contributed by atoms with Gasteiger partial charge in [-0.3, -0.25) is 18.7 Å². The second-order valence-corrected chi connectivity index (χ2v) is 8.18. The van der Waals surface area contributed by atoms with Gasteiger partial charge in [-0.05, 0) is 37.1 Å². The predicted molar refractivity (Wildman–Crippen MR) is 109 cm³/mol. The minimum absolute atomic E-state index is 0.0944. The lowest BCUT2D eigenvalue weighted by molar-refractivity contribution is 0.102. The van der Waals surface area contributed by atoms with Crippen LogP contribution in [0.5, 0.6) is 0 Å². The number of thioether (sulfide) groups is 1. The lowest BCUT2D eigenvalue weighted by Crippen LogP contribution is -2.37. The zero-order valence-corrected chi connectivity index (χ0v) is 16.9. The number of halogens is 1. The summed E-state index contributed by atoms with van der Waals surface area (Å²) in [4.78, 5) is 46.6. The minimum atomic E-state index is -0.457. The van der Waals surface area contributed by atoms with Crippen LogP contribution in [0.15, 0.2) is 38.9 Å². The third kappa shape index (κ3) is 3.38. The molecule has 1 saturated carbocycles. The molecule has 0 spiro atoms. The van der Waals surface area contributed by atoms with Gasteiger partial charge in [0, 0.05) is 30.6 Å². The molecule has 1 aliphatic carbocycles. The third-order valence-corrected chi connectivity index (χ3v) is 5.96. The molecule has 0 unspecified atom stereocenters. The highest BCUT2D eigenvalue weighted by Gasteiger charge is 2.29. The molecule has 7 nitrogen and oxygen atoms in total. The summed E-state index contributed by atoms with van der Waals surface area (Å²) in [5.41, 5.74) is -0.0440. The monoisotopic (exact) mass is 416 g/mol. The highest BCUT2D eigenvalue weighted by atomic mass is 35.5. The van der Waals surface area contributed by atoms with Gasteiger partial charge in [-0.15, -0.1) is 0 Å². The number of ketones is 1. The number of hydrogen-bond donors (Lipinski definition) is 0. The minimum Gasteiger partial charge on any atom is -0.293 e. The van der Waals surface area contributed by atoms with Crippen LogP contribution in [0.4, 0.5) is 0 Å². The first-order valence-corrected chi connectivity index (χ1v) is 10.1. The smallest absolute Gasteiger partial charge is 0.293 e. The number of carbonyl (C=O) groups is 1. The van der Waals surface area contributed by atoms with E-state index in [1.807, 2.05) is 0 Å². The van der Waals surface area contributed by atoms with Crippen LogP contribution < -0.4 is 11.2 Å². The molecule has 0 bridgehead atoms. The summed E-state index contributed by atoms with van der Waals surface area (Å²) in [6.45, 7) is 0. The first-order chi connectivity index (χ1) is 13.4. The van der Waals surface area contributed by atoms with E-state index in [2.05, 4.69) is 9.97 Å². The van der Waals surface area contributed by atoms with Crippen LogP contribution in [0.1, 0.15) is 34.9 Å². The molecule has 0 N–H and O–H groups in total. The average Bonchev–Trinajstić information content (AvgIpc) is 3.54. The Morgan fingerprint density at radius 3 is 2.46 bits per heavy atom. The lowest BCUT2D eigenvalue weighted by Gasteiger charge is -2.11. The second-order valence-electron chi connectivity index (χ2n) is 6.78. The molecule has 9 heteroatoms. The van der Waals surface area contributed by atoms with Crippen molar-refractivity contribution < 1.29 is 4.79 Å². The highest BCUT2D eigenvalue weighted by Crippen LogP contribution is 2.39. The highest BCUT2D eigenvalue weighted by molar-refractivity contribution is 8.00. The quantitative estimate of drug-likeness (QED) is 0.361. The summed E-state index contributed by atoms with van der Waals surface area (Å²) in [7, 11) is 3.01. The van der Waals surface area contributed by atoms with E-state index in [4.69, 9.17) is 11.6 Å². The number of carbonyl (C=O) groups excluding carboxylic acids is 1. The standard InChI is InChI=1S/C19H17ClN4O3S/c1-23-16-14(18(26)24(2)19(23)27)17(22-15(21-16)11-3-4-11)28-9-13(25)10-5-7-12(20)8-6-10/h5-8,11H,3-4,9H2,1-2H3. The van der Waals surface area contributed by atoms with Crippen LogP contribution in [0.3, 0.4) is 0 Å². The van der Waals surface area contributed by atoms with Crippen molar-refractivity contribution in [3.63, 3.8) is 0 Å². The summed E-state index contributed by atoms with van der Waals surface area (Å²) in [5, 5.41) is 1.26. The fourth-order valence-electron chi connectivity index (χ4n) is 2.93. The van der Waals surface area contributed by atoms with Crippen molar-refractivity contribution in [3.05, 3.63) is 61.5 Å². The van der Waals surface area contributed by atoms with E-state index >= 15 is 0 Å². The number of aryl methyl sites for hydroxylation is 1. The Morgan fingerprint density at radius 2 is 1.82 bits per heavy atom. The Labute approximate surface area is 169 Å². The van der Waals surface area contributed by atoms with E-state index in [9.17, 15) is 14.4 Å². The molecule has 0 atom stereocenters. The maximum absolute atomic E-state index is 12.7. The summed E-state index contributed by atoms with van der Waals surface area (Å²) >= 11 is 7.06. The molecule has 2 aromatic heterocycles. The van der Waals surface area contributed by atoms with Gasteiger partial charge in [0.1, 0.15) is 16.2 Å². The number of rotatable bonds is 5. The van der Waals surface area contributed by atoms with E-state index < -0.39 is 11.2 Å². The van der Waals surface area contributed by atoms with Crippen molar-refractivity contribution in [1.29, 1.82) is 0 Å². The van der Waals surface area contributed by atoms with Gasteiger partial charge in [0.15, 0.2) is 11.4 Å². The molecular weight excluding hydrogens is 400 g/mol. The molecule has 0 radical (unpaired) electrons. The number of benzene rings is 1. The number of hydrogen-bond acceptors (Lipinski definition) is 6. The van der Waals surface area contributed by atoms with Gasteiger partial charge in [0.2, 0.25) is 0 Å². The van der Waals surface area contributed by atoms with Crippen LogP contribution in [-0.4, -0.2) is 30.6 Å². The first-order valence-electron chi connectivity index (χ1n) is 8.76. The number of Topliss-reactive ketones (excluding diaryl/α,β-unsaturated/α-hetero) is 1. The van der Waals surface area contributed by atoms with Crippen molar-refractivity contribution in [3.8, 4) is 0 Å². The maximum Gasteiger partial charge on any atom is 0.332 e. The molecule has 1 aromatic carbocycles. The maximum atomic E-state index is 12.7. The Hall–Kier alpha value is -2.45. The molecule has 0 aliphatic heterocycles. The molecule has 1 aliphatic rings. The van der Waals surface area contributed by atoms with Crippen molar-refractivity contribution in [2.45, 2.75) is 23.8 Å². The van der Waals surface area contributed by atoms with Crippen LogP contribution in [0.2, 0.25) is 5.02 Å². The van der Waals surface area contributed by atoms with Crippen molar-refractivity contribution >= 4 is 40.2 Å². The zero-order valence-electron chi connectivity index (χ0n) is 15.3. The predicted octanol–water partition coefficient (Wildman–Crippen LogP) is 2.53. The molecule has 0 saturated heterocycles. The van der Waals surface area contributed by atoms with Gasteiger partial charge in [-0.2, -0.15) is 0 Å². The Morgan fingerprint density at radius 1 is 1.14 bits per heavy atom. The average molecular weight is 417 g/mol. The summed E-state index contributed by atoms with van der Waals surface area (Å²) < 4.78 is 2.39. The van der Waals surface area contributed by atoms with E-state index in [0.717, 1.165) is 17.4 Å². The number of fused-ring (bicyclic) bond motifs is 1. The molecule has 1 fully saturated rings. The van der Waals surface area contributed by atoms with Crippen molar-refractivity contribution in [2.75, 3.05) is 5.75 Å². The fraction of sp³-hybridized carbons (Fsp3) is 0.316. The normalized spacial score (nSPS) is 13.8. The summed E-state index contributed by atoms with van der Waals surface area (Å²) in [6.07, 6.45) is 1.97. The van der Waals surface area contributed by atoms with Gasteiger partial charge in [0.05, 0.1) is 5.75 Å². The van der Waals surface area contributed by atoms with Crippen LogP contribution >= 0.6 is 23.4 Å².